The lowest BCUT2D eigenvalue weighted by atomic mass is 10.1. The van der Waals surface area contributed by atoms with Crippen molar-refractivity contribution in [2.75, 3.05) is 20.3 Å². The summed E-state index contributed by atoms with van der Waals surface area (Å²) in [6, 6.07) is 12.2. The zero-order chi connectivity index (χ0) is 18.2. The molecule has 2 aromatic rings. The lowest BCUT2D eigenvalue weighted by Gasteiger charge is -2.14. The third kappa shape index (κ3) is 5.42. The predicted octanol–water partition coefficient (Wildman–Crippen LogP) is 2.71. The summed E-state index contributed by atoms with van der Waals surface area (Å²) in [5.41, 5.74) is 2.19. The highest BCUT2D eigenvalue weighted by atomic mass is 79.9. The molecule has 132 valence electrons. The highest BCUT2D eigenvalue weighted by Gasteiger charge is 2.13. The number of nitrogens with one attached hydrogen (secondary N) is 1. The molecule has 0 saturated heterocycles. The number of carbonyl (C=O) groups excluding carboxylic acids is 1. The largest absolute Gasteiger partial charge is 0.496 e. The van der Waals surface area contributed by atoms with Gasteiger partial charge in [-0.2, -0.15) is 0 Å². The van der Waals surface area contributed by atoms with Crippen molar-refractivity contribution in [1.29, 1.82) is 0 Å². The van der Waals surface area contributed by atoms with Crippen LogP contribution < -0.4 is 10.1 Å². The smallest absolute Gasteiger partial charge is 0.251 e. The molecule has 0 aromatic heterocycles. The number of benzene rings is 2. The first-order chi connectivity index (χ1) is 12.1. The van der Waals surface area contributed by atoms with E-state index in [1.165, 1.54) is 0 Å². The average molecular weight is 406 g/mol. The molecule has 6 heteroatoms. The van der Waals surface area contributed by atoms with Crippen molar-refractivity contribution < 1.29 is 19.7 Å². The minimum Gasteiger partial charge on any atom is -0.496 e. The minimum atomic E-state index is -0.684. The summed E-state index contributed by atoms with van der Waals surface area (Å²) in [6.45, 7) is -0.649. The molecule has 0 aliphatic carbocycles. The van der Waals surface area contributed by atoms with E-state index in [0.717, 1.165) is 15.6 Å². The SMILES string of the molecule is COc1ccc(C(=O)NC(CO)CO)cc1C=Cc1ccc(Br)cc1. The Morgan fingerprint density at radius 1 is 1.16 bits per heavy atom. The molecule has 0 atom stereocenters. The van der Waals surface area contributed by atoms with E-state index in [2.05, 4.69) is 21.2 Å². The fraction of sp³-hybridized carbons (Fsp3) is 0.211. The summed E-state index contributed by atoms with van der Waals surface area (Å²) in [5.74, 6) is 0.278. The van der Waals surface area contributed by atoms with E-state index in [-0.39, 0.29) is 19.1 Å². The number of aliphatic hydroxyl groups excluding tert-OH is 2. The van der Waals surface area contributed by atoms with Crippen LogP contribution in [0.4, 0.5) is 0 Å². The normalized spacial score (nSPS) is 11.1. The zero-order valence-electron chi connectivity index (χ0n) is 13.8. The van der Waals surface area contributed by atoms with E-state index >= 15 is 0 Å². The average Bonchev–Trinajstić information content (AvgIpc) is 2.65. The summed E-state index contributed by atoms with van der Waals surface area (Å²) < 4.78 is 6.34. The fourth-order valence-corrected chi connectivity index (χ4v) is 2.45. The number of hydrogen-bond acceptors (Lipinski definition) is 4. The van der Waals surface area contributed by atoms with Crippen LogP contribution >= 0.6 is 15.9 Å². The maximum Gasteiger partial charge on any atom is 0.251 e. The molecular formula is C19H20BrNO4. The first kappa shape index (κ1) is 19.2. The summed E-state index contributed by atoms with van der Waals surface area (Å²) in [7, 11) is 1.57. The number of halogens is 1. The second-order valence-corrected chi connectivity index (χ2v) is 6.29. The van der Waals surface area contributed by atoms with Gasteiger partial charge in [-0.05, 0) is 35.9 Å². The first-order valence-electron chi connectivity index (χ1n) is 7.71. The Bertz CT molecular complexity index is 740. The van der Waals surface area contributed by atoms with Crippen molar-refractivity contribution in [2.24, 2.45) is 0 Å². The molecule has 0 spiro atoms. The van der Waals surface area contributed by atoms with Crippen LogP contribution in [0.2, 0.25) is 0 Å². The molecule has 3 N–H and O–H groups in total. The highest BCUT2D eigenvalue weighted by Crippen LogP contribution is 2.23. The van der Waals surface area contributed by atoms with Crippen LogP contribution in [0.3, 0.4) is 0 Å². The van der Waals surface area contributed by atoms with Crippen LogP contribution in [0.5, 0.6) is 5.75 Å². The molecule has 0 heterocycles. The van der Waals surface area contributed by atoms with Crippen molar-refractivity contribution in [2.45, 2.75) is 6.04 Å². The van der Waals surface area contributed by atoms with E-state index in [4.69, 9.17) is 14.9 Å². The number of rotatable bonds is 7. The summed E-state index contributed by atoms with van der Waals surface area (Å²) in [4.78, 5) is 12.2. The lowest BCUT2D eigenvalue weighted by molar-refractivity contribution is 0.0879. The number of amides is 1. The maximum atomic E-state index is 12.2. The molecule has 0 bridgehead atoms. The Labute approximate surface area is 155 Å². The van der Waals surface area contributed by atoms with Crippen molar-refractivity contribution in [3.63, 3.8) is 0 Å². The second-order valence-electron chi connectivity index (χ2n) is 5.38. The topological polar surface area (TPSA) is 78.8 Å². The molecule has 0 unspecified atom stereocenters. The fourth-order valence-electron chi connectivity index (χ4n) is 2.18. The van der Waals surface area contributed by atoms with E-state index < -0.39 is 6.04 Å². The third-order valence-electron chi connectivity index (χ3n) is 3.59. The van der Waals surface area contributed by atoms with Gasteiger partial charge in [-0.3, -0.25) is 4.79 Å². The molecule has 0 aliphatic rings. The molecule has 0 saturated carbocycles. The Kier molecular flexibility index (Phi) is 7.18. The van der Waals surface area contributed by atoms with Crippen LogP contribution in [-0.2, 0) is 0 Å². The molecule has 25 heavy (non-hydrogen) atoms. The van der Waals surface area contributed by atoms with Gasteiger partial charge < -0.3 is 20.3 Å². The van der Waals surface area contributed by atoms with Crippen LogP contribution in [0.1, 0.15) is 21.5 Å². The molecule has 1 amide bonds. The van der Waals surface area contributed by atoms with Crippen molar-refractivity contribution in [1.82, 2.24) is 5.32 Å². The quantitative estimate of drug-likeness (QED) is 0.618. The predicted molar refractivity (Wildman–Crippen MR) is 101 cm³/mol. The number of ether oxygens (including phenoxy) is 1. The van der Waals surface area contributed by atoms with Gasteiger partial charge in [0.05, 0.1) is 26.4 Å². The van der Waals surface area contributed by atoms with Gasteiger partial charge in [0, 0.05) is 15.6 Å². The molecule has 2 rings (SSSR count). The van der Waals surface area contributed by atoms with Crippen LogP contribution in [0, 0.1) is 0 Å². The van der Waals surface area contributed by atoms with Gasteiger partial charge in [0.2, 0.25) is 0 Å². The van der Waals surface area contributed by atoms with Crippen LogP contribution in [-0.4, -0.2) is 42.5 Å². The Morgan fingerprint density at radius 3 is 2.44 bits per heavy atom. The van der Waals surface area contributed by atoms with E-state index in [9.17, 15) is 4.79 Å². The summed E-state index contributed by atoms with van der Waals surface area (Å²) >= 11 is 3.40. The number of hydrogen-bond donors (Lipinski definition) is 3. The van der Waals surface area contributed by atoms with Crippen molar-refractivity contribution >= 4 is 34.0 Å². The first-order valence-corrected chi connectivity index (χ1v) is 8.51. The molecule has 0 aliphatic heterocycles. The number of methoxy groups -OCH3 is 1. The standard InChI is InChI=1S/C19H20BrNO4/c1-25-18-9-6-15(19(24)21-17(11-22)12-23)10-14(18)5-2-13-3-7-16(20)8-4-13/h2-10,17,22-23H,11-12H2,1H3,(H,21,24). The zero-order valence-corrected chi connectivity index (χ0v) is 15.4. The van der Waals surface area contributed by atoms with Crippen LogP contribution in [0.25, 0.3) is 12.2 Å². The van der Waals surface area contributed by atoms with Gasteiger partial charge in [-0.25, -0.2) is 0 Å². The highest BCUT2D eigenvalue weighted by molar-refractivity contribution is 9.10. The Hall–Kier alpha value is -2.15. The molecule has 2 aromatic carbocycles. The van der Waals surface area contributed by atoms with Crippen molar-refractivity contribution in [3.05, 3.63) is 63.6 Å². The van der Waals surface area contributed by atoms with Crippen molar-refractivity contribution in [3.8, 4) is 5.75 Å². The van der Waals surface area contributed by atoms with Gasteiger partial charge in [-0.15, -0.1) is 0 Å². The maximum absolute atomic E-state index is 12.2. The summed E-state index contributed by atoms with van der Waals surface area (Å²) in [6.07, 6.45) is 3.80. The number of carbonyl (C=O) groups is 1. The Balaban J connectivity index is 2.24. The van der Waals surface area contributed by atoms with Crippen LogP contribution in [0.15, 0.2) is 46.9 Å². The van der Waals surface area contributed by atoms with E-state index in [0.29, 0.717) is 11.3 Å². The van der Waals surface area contributed by atoms with Gasteiger partial charge in [0.1, 0.15) is 5.75 Å². The van der Waals surface area contributed by atoms with Gasteiger partial charge in [-0.1, -0.05) is 40.2 Å². The summed E-state index contributed by atoms with van der Waals surface area (Å²) in [5, 5.41) is 20.7. The van der Waals surface area contributed by atoms with Gasteiger partial charge in [0.15, 0.2) is 0 Å². The monoisotopic (exact) mass is 405 g/mol. The van der Waals surface area contributed by atoms with Gasteiger partial charge >= 0.3 is 0 Å². The minimum absolute atomic E-state index is 0.325. The Morgan fingerprint density at radius 2 is 1.84 bits per heavy atom. The van der Waals surface area contributed by atoms with E-state index in [1.54, 1.807) is 25.3 Å². The number of aliphatic hydroxyl groups is 2. The third-order valence-corrected chi connectivity index (χ3v) is 4.12. The molecule has 0 radical (unpaired) electrons. The molecule has 5 nitrogen and oxygen atoms in total. The molecule has 0 fully saturated rings. The lowest BCUT2D eigenvalue weighted by Crippen LogP contribution is -2.40. The van der Waals surface area contributed by atoms with E-state index in [1.807, 2.05) is 36.4 Å². The van der Waals surface area contributed by atoms with Gasteiger partial charge in [0.25, 0.3) is 5.91 Å². The second kappa shape index (κ2) is 9.36. The molecular weight excluding hydrogens is 386 g/mol.